The second kappa shape index (κ2) is 10.7. The van der Waals surface area contributed by atoms with Gasteiger partial charge in [-0.15, -0.1) is 0 Å². The molecule has 26 heavy (non-hydrogen) atoms. The highest BCUT2D eigenvalue weighted by Gasteiger charge is 2.25. The largest absolute Gasteiger partial charge is 0.352 e. The summed E-state index contributed by atoms with van der Waals surface area (Å²) in [7, 11) is -3.70. The van der Waals surface area contributed by atoms with Crippen molar-refractivity contribution in [1.29, 1.82) is 0 Å². The molecule has 1 unspecified atom stereocenters. The Morgan fingerprint density at radius 3 is 2.58 bits per heavy atom. The minimum atomic E-state index is -3.70. The molecule has 0 aromatic heterocycles. The average Bonchev–Trinajstić information content (AvgIpc) is 2.65. The predicted octanol–water partition coefficient (Wildman–Crippen LogP) is 3.15. The van der Waals surface area contributed by atoms with Crippen molar-refractivity contribution in [3.8, 4) is 0 Å². The van der Waals surface area contributed by atoms with Crippen LogP contribution in [0.3, 0.4) is 0 Å². The van der Waals surface area contributed by atoms with Crippen molar-refractivity contribution in [2.75, 3.05) is 12.0 Å². The monoisotopic (exact) mass is 396 g/mol. The van der Waals surface area contributed by atoms with Gasteiger partial charge in [-0.25, -0.2) is 8.42 Å². The van der Waals surface area contributed by atoms with Crippen molar-refractivity contribution in [3.05, 3.63) is 41.3 Å². The van der Waals surface area contributed by atoms with Crippen LogP contribution in [0.1, 0.15) is 44.1 Å². The fraction of sp³-hybridized carbons (Fsp3) is 0.526. The molecule has 1 atom stereocenters. The summed E-state index contributed by atoms with van der Waals surface area (Å²) in [6, 6.07) is 8.64. The van der Waals surface area contributed by atoms with Crippen molar-refractivity contribution < 1.29 is 13.2 Å². The maximum Gasteiger partial charge on any atom is 0.238 e. The second-order valence-corrected chi connectivity index (χ2v) is 9.14. The Balaban J connectivity index is 2.00. The lowest BCUT2D eigenvalue weighted by Crippen LogP contribution is -2.49. The lowest BCUT2D eigenvalue weighted by atomic mass is 9.95. The van der Waals surface area contributed by atoms with Crippen molar-refractivity contribution in [1.82, 2.24) is 10.0 Å². The molecule has 0 spiro atoms. The Labute approximate surface area is 161 Å². The predicted molar refractivity (Wildman–Crippen MR) is 109 cm³/mol. The van der Waals surface area contributed by atoms with E-state index in [2.05, 4.69) is 10.0 Å². The van der Waals surface area contributed by atoms with Crippen molar-refractivity contribution in [2.24, 2.45) is 0 Å². The number of hydrogen-bond acceptors (Lipinski definition) is 4. The summed E-state index contributed by atoms with van der Waals surface area (Å²) in [6.07, 6.45) is 9.34. The van der Waals surface area contributed by atoms with Gasteiger partial charge in [-0.05, 0) is 42.9 Å². The van der Waals surface area contributed by atoms with Gasteiger partial charge in [0.1, 0.15) is 6.04 Å². The molecule has 0 aliphatic heterocycles. The normalized spacial score (nSPS) is 17.3. The molecule has 0 bridgehead atoms. The van der Waals surface area contributed by atoms with Crippen molar-refractivity contribution >= 4 is 33.8 Å². The molecule has 0 radical (unpaired) electrons. The van der Waals surface area contributed by atoms with E-state index in [1.165, 1.54) is 12.5 Å². The first-order chi connectivity index (χ1) is 12.5. The summed E-state index contributed by atoms with van der Waals surface area (Å²) in [5.74, 6) is 0.496. The van der Waals surface area contributed by atoms with E-state index in [9.17, 15) is 13.2 Å². The second-order valence-electron chi connectivity index (χ2n) is 6.55. The van der Waals surface area contributed by atoms with Gasteiger partial charge in [-0.1, -0.05) is 49.6 Å². The first-order valence-corrected chi connectivity index (χ1v) is 12.0. The van der Waals surface area contributed by atoms with Gasteiger partial charge in [0.25, 0.3) is 0 Å². The zero-order chi connectivity index (χ0) is 18.8. The van der Waals surface area contributed by atoms with E-state index in [-0.39, 0.29) is 11.9 Å². The lowest BCUT2D eigenvalue weighted by Gasteiger charge is -2.25. The number of thioether (sulfide) groups is 1. The van der Waals surface area contributed by atoms with E-state index >= 15 is 0 Å². The number of sulfonamides is 1. The molecule has 1 amide bonds. The van der Waals surface area contributed by atoms with Crippen LogP contribution >= 0.6 is 11.8 Å². The third-order valence-corrected chi connectivity index (χ3v) is 6.18. The molecule has 0 saturated heterocycles. The Kier molecular flexibility index (Phi) is 8.68. The van der Waals surface area contributed by atoms with E-state index < -0.39 is 16.1 Å². The third kappa shape index (κ3) is 7.51. The highest BCUT2D eigenvalue weighted by Crippen LogP contribution is 2.17. The molecule has 1 aliphatic rings. The molecule has 1 aromatic rings. The van der Waals surface area contributed by atoms with Gasteiger partial charge in [0.15, 0.2) is 0 Å². The Morgan fingerprint density at radius 2 is 1.92 bits per heavy atom. The molecule has 2 N–H and O–H groups in total. The maximum atomic E-state index is 12.6. The molecule has 0 heterocycles. The van der Waals surface area contributed by atoms with Crippen LogP contribution in [0, 0.1) is 0 Å². The SMILES string of the molecule is CSCCC(NS(=O)(=O)/C=C/c1ccccc1)C(=O)NC1CCCCC1. The Morgan fingerprint density at radius 1 is 1.23 bits per heavy atom. The number of carbonyl (C=O) groups is 1. The Hall–Kier alpha value is -1.31. The van der Waals surface area contributed by atoms with Gasteiger partial charge < -0.3 is 5.32 Å². The summed E-state index contributed by atoms with van der Waals surface area (Å²) >= 11 is 1.60. The topological polar surface area (TPSA) is 75.3 Å². The smallest absolute Gasteiger partial charge is 0.238 e. The van der Waals surface area contributed by atoms with Crippen LogP contribution in [0.25, 0.3) is 6.08 Å². The fourth-order valence-electron chi connectivity index (χ4n) is 3.00. The van der Waals surface area contributed by atoms with Crippen molar-refractivity contribution in [3.63, 3.8) is 0 Å². The van der Waals surface area contributed by atoms with Gasteiger partial charge in [0.2, 0.25) is 15.9 Å². The van der Waals surface area contributed by atoms with Gasteiger partial charge in [0.05, 0.1) is 0 Å². The molecule has 1 aliphatic carbocycles. The minimum Gasteiger partial charge on any atom is -0.352 e. The number of nitrogens with one attached hydrogen (secondary N) is 2. The van der Waals surface area contributed by atoms with Crippen LogP contribution in [-0.2, 0) is 14.8 Å². The molecule has 1 fully saturated rings. The van der Waals surface area contributed by atoms with E-state index in [4.69, 9.17) is 0 Å². The number of amides is 1. The summed E-state index contributed by atoms with van der Waals surface area (Å²) < 4.78 is 27.3. The van der Waals surface area contributed by atoms with Crippen LogP contribution in [-0.4, -0.2) is 38.4 Å². The van der Waals surface area contributed by atoms with Crippen LogP contribution in [0.4, 0.5) is 0 Å². The number of carbonyl (C=O) groups excluding carboxylic acids is 1. The molecule has 2 rings (SSSR count). The standard InChI is InChI=1S/C19H28N2O3S2/c1-25-14-12-18(19(22)20-17-10-6-3-7-11-17)21-26(23,24)15-13-16-8-4-2-5-9-16/h2,4-5,8-9,13,15,17-18,21H,3,6-7,10-12,14H2,1H3,(H,20,22)/b15-13+. The van der Waals surface area contributed by atoms with Gasteiger partial charge in [-0.3, -0.25) is 4.79 Å². The van der Waals surface area contributed by atoms with E-state index in [1.807, 2.05) is 36.6 Å². The van der Waals surface area contributed by atoms with Crippen LogP contribution in [0.15, 0.2) is 35.7 Å². The summed E-state index contributed by atoms with van der Waals surface area (Å²) in [5.41, 5.74) is 0.796. The molecular weight excluding hydrogens is 368 g/mol. The van der Waals surface area contributed by atoms with Gasteiger partial charge >= 0.3 is 0 Å². The van der Waals surface area contributed by atoms with Gasteiger partial charge in [-0.2, -0.15) is 16.5 Å². The molecule has 5 nitrogen and oxygen atoms in total. The quantitative estimate of drug-likeness (QED) is 0.672. The van der Waals surface area contributed by atoms with Crippen molar-refractivity contribution in [2.45, 2.75) is 50.6 Å². The number of hydrogen-bond donors (Lipinski definition) is 2. The van der Waals surface area contributed by atoms with Gasteiger partial charge in [0, 0.05) is 11.4 Å². The zero-order valence-electron chi connectivity index (χ0n) is 15.2. The molecule has 7 heteroatoms. The third-order valence-electron chi connectivity index (χ3n) is 4.42. The number of rotatable bonds is 9. The highest BCUT2D eigenvalue weighted by atomic mass is 32.2. The van der Waals surface area contributed by atoms with Crippen LogP contribution in [0.5, 0.6) is 0 Å². The maximum absolute atomic E-state index is 12.6. The highest BCUT2D eigenvalue weighted by molar-refractivity contribution is 7.98. The molecule has 1 saturated carbocycles. The molecule has 144 valence electrons. The van der Waals surface area contributed by atoms with E-state index in [0.717, 1.165) is 36.7 Å². The lowest BCUT2D eigenvalue weighted by molar-refractivity contribution is -0.123. The summed E-state index contributed by atoms with van der Waals surface area (Å²) in [4.78, 5) is 12.6. The van der Waals surface area contributed by atoms with Crippen LogP contribution in [0.2, 0.25) is 0 Å². The summed E-state index contributed by atoms with van der Waals surface area (Å²) in [6.45, 7) is 0. The van der Waals surface area contributed by atoms with E-state index in [1.54, 1.807) is 11.8 Å². The minimum absolute atomic E-state index is 0.164. The average molecular weight is 397 g/mol. The first kappa shape index (κ1) is 21.0. The number of benzene rings is 1. The molecular formula is C19H28N2O3S2. The Bertz CT molecular complexity index is 684. The van der Waals surface area contributed by atoms with Crippen LogP contribution < -0.4 is 10.0 Å². The molecule has 1 aromatic carbocycles. The fourth-order valence-corrected chi connectivity index (χ4v) is 4.51. The first-order valence-electron chi connectivity index (χ1n) is 9.05. The van der Waals surface area contributed by atoms with E-state index in [0.29, 0.717) is 12.2 Å². The zero-order valence-corrected chi connectivity index (χ0v) is 16.8. The summed E-state index contributed by atoms with van der Waals surface area (Å²) in [5, 5.41) is 4.15.